The van der Waals surface area contributed by atoms with Gasteiger partial charge in [-0.3, -0.25) is 4.79 Å². The minimum Gasteiger partial charge on any atom is -0.377 e. The molecule has 0 heterocycles. The Kier molecular flexibility index (Phi) is 4.85. The van der Waals surface area contributed by atoms with Gasteiger partial charge in [0.1, 0.15) is 5.78 Å². The number of carbonyl (C=O) groups excluding carboxylic acids is 1. The zero-order valence-electron chi connectivity index (χ0n) is 6.59. The van der Waals surface area contributed by atoms with E-state index in [1.165, 1.54) is 0 Å². The van der Waals surface area contributed by atoms with Crippen molar-refractivity contribution < 1.29 is 9.53 Å². The van der Waals surface area contributed by atoms with E-state index >= 15 is 0 Å². The summed E-state index contributed by atoms with van der Waals surface area (Å²) in [6, 6.07) is 0. The molecule has 0 amide bonds. The van der Waals surface area contributed by atoms with Crippen molar-refractivity contribution in [3.8, 4) is 0 Å². The highest BCUT2D eigenvalue weighted by Gasteiger charge is 2.05. The van der Waals surface area contributed by atoms with Crippen LogP contribution >= 0.6 is 0 Å². The first kappa shape index (κ1) is 9.37. The summed E-state index contributed by atoms with van der Waals surface area (Å²) < 4.78 is 5.07. The number of Topliss-reactive ketones (excluding diaryl/α,β-unsaturated/α-hetero) is 1. The molecule has 0 aromatic rings. The zero-order chi connectivity index (χ0) is 7.98. The predicted molar refractivity (Wildman–Crippen MR) is 40.9 cm³/mol. The fourth-order valence-electron chi connectivity index (χ4n) is 0.446. The lowest BCUT2D eigenvalue weighted by Crippen LogP contribution is -2.13. The number of carbonyl (C=O) groups is 1. The summed E-state index contributed by atoms with van der Waals surface area (Å²) in [5, 5.41) is 0. The summed E-state index contributed by atoms with van der Waals surface area (Å²) in [5.41, 5.74) is 0. The van der Waals surface area contributed by atoms with E-state index in [4.69, 9.17) is 4.74 Å². The van der Waals surface area contributed by atoms with Gasteiger partial charge < -0.3 is 4.74 Å². The Bertz CT molecular complexity index is 118. The van der Waals surface area contributed by atoms with Crippen LogP contribution in [-0.2, 0) is 9.53 Å². The minimum absolute atomic E-state index is 0.0138. The molecule has 0 radical (unpaired) electrons. The highest BCUT2D eigenvalue weighted by atomic mass is 16.5. The second kappa shape index (κ2) is 5.18. The van der Waals surface area contributed by atoms with E-state index in [2.05, 4.69) is 6.58 Å². The first-order valence-corrected chi connectivity index (χ1v) is 3.37. The summed E-state index contributed by atoms with van der Waals surface area (Å²) in [6.45, 7) is 7.94. The zero-order valence-corrected chi connectivity index (χ0v) is 6.59. The Labute approximate surface area is 61.9 Å². The number of hydrogen-bond donors (Lipinski definition) is 0. The summed E-state index contributed by atoms with van der Waals surface area (Å²) in [7, 11) is 0. The molecule has 0 N–H and O–H groups in total. The molecule has 1 unspecified atom stereocenters. The lowest BCUT2D eigenvalue weighted by Gasteiger charge is -2.05. The molecule has 0 fully saturated rings. The van der Waals surface area contributed by atoms with Crippen molar-refractivity contribution in [3.05, 3.63) is 12.7 Å². The average molecular weight is 142 g/mol. The van der Waals surface area contributed by atoms with E-state index < -0.39 is 0 Å². The van der Waals surface area contributed by atoms with E-state index in [0.29, 0.717) is 13.2 Å². The molecule has 0 aliphatic carbocycles. The summed E-state index contributed by atoms with van der Waals surface area (Å²) in [6.07, 6.45) is 1.67. The number of hydrogen-bond acceptors (Lipinski definition) is 2. The lowest BCUT2D eigenvalue weighted by atomic mass is 10.1. The Hall–Kier alpha value is -0.630. The van der Waals surface area contributed by atoms with Crippen LogP contribution in [0, 0.1) is 5.92 Å². The van der Waals surface area contributed by atoms with Crippen LogP contribution in [0.2, 0.25) is 0 Å². The Morgan fingerprint density at radius 2 is 2.40 bits per heavy atom. The summed E-state index contributed by atoms with van der Waals surface area (Å²) >= 11 is 0. The monoisotopic (exact) mass is 142 g/mol. The van der Waals surface area contributed by atoms with Crippen molar-refractivity contribution in [2.24, 2.45) is 5.92 Å². The van der Waals surface area contributed by atoms with Gasteiger partial charge in [-0.15, -0.1) is 6.58 Å². The standard InChI is InChI=1S/C8H14O2/c1-4-5-10-6-7(2)8(3)9/h4,7H,1,5-6H2,2-3H3. The number of ketones is 1. The van der Waals surface area contributed by atoms with E-state index in [9.17, 15) is 4.79 Å². The largest absolute Gasteiger partial charge is 0.377 e. The SMILES string of the molecule is C=CCOCC(C)C(C)=O. The van der Waals surface area contributed by atoms with Gasteiger partial charge in [0, 0.05) is 5.92 Å². The maximum Gasteiger partial charge on any atom is 0.134 e. The van der Waals surface area contributed by atoms with E-state index in [-0.39, 0.29) is 11.7 Å². The molecule has 10 heavy (non-hydrogen) atoms. The topological polar surface area (TPSA) is 26.3 Å². The Morgan fingerprint density at radius 3 is 2.80 bits per heavy atom. The molecule has 0 aromatic carbocycles. The van der Waals surface area contributed by atoms with Crippen LogP contribution in [0.1, 0.15) is 13.8 Å². The van der Waals surface area contributed by atoms with Crippen molar-refractivity contribution in [1.82, 2.24) is 0 Å². The molecule has 1 atom stereocenters. The van der Waals surface area contributed by atoms with Gasteiger partial charge in [0.05, 0.1) is 13.2 Å². The first-order chi connectivity index (χ1) is 4.68. The molecule has 0 saturated heterocycles. The highest BCUT2D eigenvalue weighted by molar-refractivity contribution is 5.77. The van der Waals surface area contributed by atoms with Gasteiger partial charge in [-0.1, -0.05) is 13.0 Å². The van der Waals surface area contributed by atoms with Gasteiger partial charge in [-0.25, -0.2) is 0 Å². The van der Waals surface area contributed by atoms with E-state index in [0.717, 1.165) is 0 Å². The maximum absolute atomic E-state index is 10.6. The summed E-state index contributed by atoms with van der Waals surface area (Å²) in [5.74, 6) is 0.184. The minimum atomic E-state index is 0.0138. The molecule has 2 heteroatoms. The van der Waals surface area contributed by atoms with Crippen LogP contribution < -0.4 is 0 Å². The molecule has 0 aliphatic rings. The third-order valence-electron chi connectivity index (χ3n) is 1.30. The third kappa shape index (κ3) is 4.27. The van der Waals surface area contributed by atoms with Crippen LogP contribution in [-0.4, -0.2) is 19.0 Å². The highest BCUT2D eigenvalue weighted by Crippen LogP contribution is 1.96. The van der Waals surface area contributed by atoms with Crippen LogP contribution in [0.4, 0.5) is 0 Å². The lowest BCUT2D eigenvalue weighted by molar-refractivity contribution is -0.121. The van der Waals surface area contributed by atoms with Crippen LogP contribution in [0.15, 0.2) is 12.7 Å². The van der Waals surface area contributed by atoms with Crippen molar-refractivity contribution >= 4 is 5.78 Å². The quantitative estimate of drug-likeness (QED) is 0.428. The molecular weight excluding hydrogens is 128 g/mol. The van der Waals surface area contributed by atoms with Gasteiger partial charge in [0.25, 0.3) is 0 Å². The molecule has 0 aromatic heterocycles. The molecule has 0 saturated carbocycles. The van der Waals surface area contributed by atoms with Crippen LogP contribution in [0.3, 0.4) is 0 Å². The predicted octanol–water partition coefficient (Wildman–Crippen LogP) is 1.41. The first-order valence-electron chi connectivity index (χ1n) is 3.37. The van der Waals surface area contributed by atoms with Crippen LogP contribution in [0.5, 0.6) is 0 Å². The normalized spacial score (nSPS) is 12.6. The molecule has 0 rings (SSSR count). The van der Waals surface area contributed by atoms with Gasteiger partial charge in [-0.05, 0) is 6.92 Å². The fraction of sp³-hybridized carbons (Fsp3) is 0.625. The molecular formula is C8H14O2. The average Bonchev–Trinajstić information content (AvgIpc) is 1.88. The van der Waals surface area contributed by atoms with Crippen molar-refractivity contribution in [1.29, 1.82) is 0 Å². The third-order valence-corrected chi connectivity index (χ3v) is 1.30. The molecule has 58 valence electrons. The molecule has 2 nitrogen and oxygen atoms in total. The maximum atomic E-state index is 10.6. The van der Waals surface area contributed by atoms with Gasteiger partial charge >= 0.3 is 0 Å². The van der Waals surface area contributed by atoms with E-state index in [1.54, 1.807) is 13.0 Å². The molecule has 0 aliphatic heterocycles. The van der Waals surface area contributed by atoms with E-state index in [1.807, 2.05) is 6.92 Å². The van der Waals surface area contributed by atoms with Crippen LogP contribution in [0.25, 0.3) is 0 Å². The van der Waals surface area contributed by atoms with Crippen molar-refractivity contribution in [2.45, 2.75) is 13.8 Å². The second-order valence-corrected chi connectivity index (χ2v) is 2.34. The molecule has 0 bridgehead atoms. The Balaban J connectivity index is 3.30. The summed E-state index contributed by atoms with van der Waals surface area (Å²) in [4.78, 5) is 10.6. The molecule has 0 spiro atoms. The van der Waals surface area contributed by atoms with Gasteiger partial charge in [0.2, 0.25) is 0 Å². The smallest absolute Gasteiger partial charge is 0.134 e. The fourth-order valence-corrected chi connectivity index (χ4v) is 0.446. The Morgan fingerprint density at radius 1 is 1.80 bits per heavy atom. The van der Waals surface area contributed by atoms with Crippen molar-refractivity contribution in [3.63, 3.8) is 0 Å². The number of ether oxygens (including phenoxy) is 1. The van der Waals surface area contributed by atoms with Crippen molar-refractivity contribution in [2.75, 3.05) is 13.2 Å². The number of rotatable bonds is 5. The van der Waals surface area contributed by atoms with Gasteiger partial charge in [0.15, 0.2) is 0 Å². The van der Waals surface area contributed by atoms with Gasteiger partial charge in [-0.2, -0.15) is 0 Å². The second-order valence-electron chi connectivity index (χ2n) is 2.34.